The summed E-state index contributed by atoms with van der Waals surface area (Å²) in [6, 6.07) is 4.23. The van der Waals surface area contributed by atoms with Gasteiger partial charge < -0.3 is 4.98 Å². The number of hydrogen-bond donors (Lipinski definition) is 1. The number of aromatic amines is 1. The summed E-state index contributed by atoms with van der Waals surface area (Å²) in [5, 5.41) is 0. The molecule has 0 aliphatic rings. The van der Waals surface area contributed by atoms with Crippen molar-refractivity contribution in [1.29, 1.82) is 0 Å². The minimum Gasteiger partial charge on any atom is -0.306 e. The summed E-state index contributed by atoms with van der Waals surface area (Å²) in [4.78, 5) is 19.5. The van der Waals surface area contributed by atoms with Crippen LogP contribution in [-0.4, -0.2) is 9.97 Å². The van der Waals surface area contributed by atoms with E-state index in [1.165, 1.54) is 5.56 Å². The Morgan fingerprint density at radius 3 is 2.16 bits per heavy atom. The summed E-state index contributed by atoms with van der Waals surface area (Å²) in [6.07, 6.45) is 0.709. The standard InChI is InChI=1S/C16H20N2O/c1-6-13-12(5)17-15(18-16(13)19)14-10(3)7-9(2)8-11(14)4/h7-8H,6H2,1-5H3,(H,17,18,19). The zero-order valence-corrected chi connectivity index (χ0v) is 12.2. The highest BCUT2D eigenvalue weighted by molar-refractivity contribution is 5.65. The van der Waals surface area contributed by atoms with Crippen LogP contribution in [0.3, 0.4) is 0 Å². The van der Waals surface area contributed by atoms with Crippen LogP contribution < -0.4 is 5.56 Å². The lowest BCUT2D eigenvalue weighted by Gasteiger charge is -2.12. The molecule has 3 nitrogen and oxygen atoms in total. The Kier molecular flexibility index (Phi) is 3.56. The SMILES string of the molecule is CCc1c(C)nc(-c2c(C)cc(C)cc2C)[nH]c1=O. The van der Waals surface area contributed by atoms with Gasteiger partial charge in [0.15, 0.2) is 0 Å². The van der Waals surface area contributed by atoms with E-state index in [4.69, 9.17) is 0 Å². The van der Waals surface area contributed by atoms with Gasteiger partial charge in [0.05, 0.1) is 0 Å². The molecule has 1 N–H and O–H groups in total. The summed E-state index contributed by atoms with van der Waals surface area (Å²) in [7, 11) is 0. The fraction of sp³-hybridized carbons (Fsp3) is 0.375. The normalized spacial score (nSPS) is 10.8. The van der Waals surface area contributed by atoms with Crippen LogP contribution in [0.4, 0.5) is 0 Å². The van der Waals surface area contributed by atoms with Gasteiger partial charge in [0, 0.05) is 16.8 Å². The average Bonchev–Trinajstić information content (AvgIpc) is 2.26. The molecule has 0 spiro atoms. The maximum Gasteiger partial charge on any atom is 0.254 e. The smallest absolute Gasteiger partial charge is 0.254 e. The predicted molar refractivity (Wildman–Crippen MR) is 78.6 cm³/mol. The van der Waals surface area contributed by atoms with Crippen LogP contribution >= 0.6 is 0 Å². The number of nitrogens with one attached hydrogen (secondary N) is 1. The van der Waals surface area contributed by atoms with Gasteiger partial charge in [-0.1, -0.05) is 24.6 Å². The molecule has 0 bridgehead atoms. The topological polar surface area (TPSA) is 45.8 Å². The number of hydrogen-bond acceptors (Lipinski definition) is 2. The number of H-pyrrole nitrogens is 1. The minimum atomic E-state index is -0.0237. The molecule has 2 aromatic rings. The third-order valence-corrected chi connectivity index (χ3v) is 3.49. The highest BCUT2D eigenvalue weighted by atomic mass is 16.1. The molecule has 0 unspecified atom stereocenters. The Labute approximate surface area is 113 Å². The largest absolute Gasteiger partial charge is 0.306 e. The van der Waals surface area contributed by atoms with E-state index in [0.29, 0.717) is 12.2 Å². The maximum absolute atomic E-state index is 12.1. The summed E-state index contributed by atoms with van der Waals surface area (Å²) in [5.74, 6) is 0.676. The Morgan fingerprint density at radius 1 is 1.11 bits per heavy atom. The van der Waals surface area contributed by atoms with Crippen molar-refractivity contribution < 1.29 is 0 Å². The molecule has 1 heterocycles. The van der Waals surface area contributed by atoms with Gasteiger partial charge in [0.2, 0.25) is 0 Å². The average molecular weight is 256 g/mol. The Balaban J connectivity index is 2.70. The summed E-state index contributed by atoms with van der Waals surface area (Å²) in [5.41, 5.74) is 6.11. The first-order valence-electron chi connectivity index (χ1n) is 6.62. The lowest BCUT2D eigenvalue weighted by Crippen LogP contribution is -2.17. The van der Waals surface area contributed by atoms with Crippen molar-refractivity contribution >= 4 is 0 Å². The van der Waals surface area contributed by atoms with E-state index < -0.39 is 0 Å². The van der Waals surface area contributed by atoms with E-state index in [2.05, 4.69) is 42.9 Å². The highest BCUT2D eigenvalue weighted by Crippen LogP contribution is 2.25. The Hall–Kier alpha value is -1.90. The van der Waals surface area contributed by atoms with Gasteiger partial charge in [-0.15, -0.1) is 0 Å². The molecule has 1 aromatic heterocycles. The van der Waals surface area contributed by atoms with Crippen molar-refractivity contribution in [3.8, 4) is 11.4 Å². The molecule has 0 saturated heterocycles. The fourth-order valence-corrected chi connectivity index (χ4v) is 2.70. The van der Waals surface area contributed by atoms with Crippen LogP contribution in [0.15, 0.2) is 16.9 Å². The van der Waals surface area contributed by atoms with Crippen LogP contribution in [0.1, 0.15) is 34.9 Å². The Bertz CT molecular complexity index is 661. The Morgan fingerprint density at radius 2 is 1.68 bits per heavy atom. The number of rotatable bonds is 2. The highest BCUT2D eigenvalue weighted by Gasteiger charge is 2.12. The molecule has 100 valence electrons. The second kappa shape index (κ2) is 5.00. The van der Waals surface area contributed by atoms with Gasteiger partial charge in [-0.3, -0.25) is 4.79 Å². The molecule has 0 aliphatic carbocycles. The summed E-state index contributed by atoms with van der Waals surface area (Å²) >= 11 is 0. The van der Waals surface area contributed by atoms with Crippen LogP contribution in [0, 0.1) is 27.7 Å². The second-order valence-electron chi connectivity index (χ2n) is 5.11. The van der Waals surface area contributed by atoms with Crippen molar-refractivity contribution in [2.45, 2.75) is 41.0 Å². The first kappa shape index (κ1) is 13.5. The molecule has 3 heteroatoms. The molecule has 1 aromatic carbocycles. The van der Waals surface area contributed by atoms with E-state index >= 15 is 0 Å². The van der Waals surface area contributed by atoms with Gasteiger partial charge in [0.25, 0.3) is 5.56 Å². The molecule has 0 atom stereocenters. The quantitative estimate of drug-likeness (QED) is 0.896. The molecule has 2 rings (SSSR count). The molecular formula is C16H20N2O. The fourth-order valence-electron chi connectivity index (χ4n) is 2.70. The number of aryl methyl sites for hydroxylation is 4. The van der Waals surface area contributed by atoms with Gasteiger partial charge >= 0.3 is 0 Å². The lowest BCUT2D eigenvalue weighted by molar-refractivity contribution is 0.965. The van der Waals surface area contributed by atoms with Gasteiger partial charge in [-0.05, 0) is 45.2 Å². The van der Waals surface area contributed by atoms with Crippen molar-refractivity contribution in [1.82, 2.24) is 9.97 Å². The van der Waals surface area contributed by atoms with Crippen molar-refractivity contribution in [2.24, 2.45) is 0 Å². The molecule has 0 fully saturated rings. The van der Waals surface area contributed by atoms with Gasteiger partial charge in [-0.25, -0.2) is 4.98 Å². The zero-order valence-electron chi connectivity index (χ0n) is 12.2. The van der Waals surface area contributed by atoms with E-state index in [-0.39, 0.29) is 5.56 Å². The number of nitrogens with zero attached hydrogens (tertiary/aromatic N) is 1. The van der Waals surface area contributed by atoms with Crippen molar-refractivity contribution in [3.63, 3.8) is 0 Å². The predicted octanol–water partition coefficient (Wildman–Crippen LogP) is 3.23. The van der Waals surface area contributed by atoms with Gasteiger partial charge in [0.1, 0.15) is 5.82 Å². The van der Waals surface area contributed by atoms with E-state index in [0.717, 1.165) is 27.9 Å². The maximum atomic E-state index is 12.1. The van der Waals surface area contributed by atoms with Crippen molar-refractivity contribution in [2.75, 3.05) is 0 Å². The number of benzene rings is 1. The first-order valence-corrected chi connectivity index (χ1v) is 6.62. The van der Waals surface area contributed by atoms with Gasteiger partial charge in [-0.2, -0.15) is 0 Å². The van der Waals surface area contributed by atoms with E-state index in [9.17, 15) is 4.79 Å². The summed E-state index contributed by atoms with van der Waals surface area (Å²) in [6.45, 7) is 10.1. The van der Waals surface area contributed by atoms with Crippen LogP contribution in [0.25, 0.3) is 11.4 Å². The molecule has 19 heavy (non-hydrogen) atoms. The van der Waals surface area contributed by atoms with Crippen LogP contribution in [0.2, 0.25) is 0 Å². The molecule has 0 amide bonds. The number of aromatic nitrogens is 2. The molecule has 0 saturated carbocycles. The first-order chi connectivity index (χ1) is 8.93. The molecule has 0 aliphatic heterocycles. The van der Waals surface area contributed by atoms with Crippen LogP contribution in [0.5, 0.6) is 0 Å². The third kappa shape index (κ3) is 2.46. The molecule has 0 radical (unpaired) electrons. The van der Waals surface area contributed by atoms with Crippen LogP contribution in [-0.2, 0) is 6.42 Å². The second-order valence-corrected chi connectivity index (χ2v) is 5.11. The third-order valence-electron chi connectivity index (χ3n) is 3.49. The zero-order chi connectivity index (χ0) is 14.2. The monoisotopic (exact) mass is 256 g/mol. The lowest BCUT2D eigenvalue weighted by atomic mass is 9.99. The van der Waals surface area contributed by atoms with E-state index in [1.54, 1.807) is 0 Å². The van der Waals surface area contributed by atoms with E-state index in [1.807, 2.05) is 13.8 Å². The minimum absolute atomic E-state index is 0.0237. The summed E-state index contributed by atoms with van der Waals surface area (Å²) < 4.78 is 0. The van der Waals surface area contributed by atoms with Crippen molar-refractivity contribution in [3.05, 3.63) is 50.4 Å². The molecular weight excluding hydrogens is 236 g/mol.